The zero-order valence-corrected chi connectivity index (χ0v) is 11.3. The maximum atomic E-state index is 11.2. The van der Waals surface area contributed by atoms with Gasteiger partial charge < -0.3 is 4.74 Å². The molecular formula is C11H11BrN4O2. The number of carbonyl (C=O) groups excluding carboxylic acids is 1. The Morgan fingerprint density at radius 1 is 1.39 bits per heavy atom. The molecule has 18 heavy (non-hydrogen) atoms. The molecule has 1 aromatic heterocycles. The summed E-state index contributed by atoms with van der Waals surface area (Å²) in [4.78, 5) is 11.2. The monoisotopic (exact) mass is 310 g/mol. The number of carbonyl (C=O) groups is 1. The van der Waals surface area contributed by atoms with Crippen molar-refractivity contribution in [2.24, 2.45) is 0 Å². The minimum Gasteiger partial charge on any atom is -0.468 e. The maximum Gasteiger partial charge on any atom is 0.327 e. The Morgan fingerprint density at radius 2 is 2.11 bits per heavy atom. The third-order valence-electron chi connectivity index (χ3n) is 2.40. The number of alkyl halides is 1. The van der Waals surface area contributed by atoms with Crippen LogP contribution in [0.3, 0.4) is 0 Å². The molecule has 0 radical (unpaired) electrons. The molecule has 2 rings (SSSR count). The van der Waals surface area contributed by atoms with Gasteiger partial charge in [-0.25, -0.2) is 4.68 Å². The van der Waals surface area contributed by atoms with Crippen molar-refractivity contribution in [3.63, 3.8) is 0 Å². The molecule has 0 atom stereocenters. The molecule has 0 saturated heterocycles. The first-order valence-corrected chi connectivity index (χ1v) is 6.35. The van der Waals surface area contributed by atoms with Crippen LogP contribution in [-0.2, 0) is 21.4 Å². The van der Waals surface area contributed by atoms with E-state index in [9.17, 15) is 4.79 Å². The van der Waals surface area contributed by atoms with E-state index in [1.165, 1.54) is 11.8 Å². The van der Waals surface area contributed by atoms with Crippen LogP contribution in [0.5, 0.6) is 0 Å². The second-order valence-corrected chi connectivity index (χ2v) is 4.13. The largest absolute Gasteiger partial charge is 0.468 e. The normalized spacial score (nSPS) is 10.3. The Balaban J connectivity index is 2.27. The predicted octanol–water partition coefficient (Wildman–Crippen LogP) is 1.41. The van der Waals surface area contributed by atoms with E-state index in [2.05, 4.69) is 36.2 Å². The van der Waals surface area contributed by atoms with Gasteiger partial charge in [0.05, 0.1) is 7.11 Å². The lowest BCUT2D eigenvalue weighted by Crippen LogP contribution is -2.14. The smallest absolute Gasteiger partial charge is 0.327 e. The fraction of sp³-hybridized carbons (Fsp3) is 0.273. The van der Waals surface area contributed by atoms with Crippen LogP contribution < -0.4 is 0 Å². The minimum absolute atomic E-state index is 0.000963. The van der Waals surface area contributed by atoms with E-state index in [0.717, 1.165) is 16.5 Å². The van der Waals surface area contributed by atoms with Gasteiger partial charge in [-0.2, -0.15) is 0 Å². The number of aromatic nitrogens is 4. The summed E-state index contributed by atoms with van der Waals surface area (Å²) in [6.45, 7) is -0.000963. The van der Waals surface area contributed by atoms with E-state index in [1.54, 1.807) is 0 Å². The molecule has 7 heteroatoms. The van der Waals surface area contributed by atoms with Crippen molar-refractivity contribution in [1.82, 2.24) is 20.2 Å². The molecule has 94 valence electrons. The highest BCUT2D eigenvalue weighted by molar-refractivity contribution is 9.08. The van der Waals surface area contributed by atoms with Crippen LogP contribution in [0.4, 0.5) is 0 Å². The molecule has 0 aliphatic carbocycles. The molecule has 0 saturated carbocycles. The van der Waals surface area contributed by atoms with Crippen molar-refractivity contribution in [3.8, 4) is 11.4 Å². The lowest BCUT2D eigenvalue weighted by molar-refractivity contribution is -0.141. The van der Waals surface area contributed by atoms with E-state index in [-0.39, 0.29) is 12.5 Å². The van der Waals surface area contributed by atoms with Gasteiger partial charge in [0, 0.05) is 10.9 Å². The van der Waals surface area contributed by atoms with Crippen molar-refractivity contribution in [3.05, 3.63) is 29.8 Å². The summed E-state index contributed by atoms with van der Waals surface area (Å²) in [6.07, 6.45) is 0. The molecule has 6 nitrogen and oxygen atoms in total. The molecule has 0 N–H and O–H groups in total. The number of methoxy groups -OCH3 is 1. The fourth-order valence-electron chi connectivity index (χ4n) is 1.45. The van der Waals surface area contributed by atoms with Gasteiger partial charge in [0.1, 0.15) is 6.54 Å². The number of hydrogen-bond donors (Lipinski definition) is 0. The summed E-state index contributed by atoms with van der Waals surface area (Å²) in [5, 5.41) is 12.0. The van der Waals surface area contributed by atoms with Crippen LogP contribution in [0.2, 0.25) is 0 Å². The Morgan fingerprint density at radius 3 is 2.72 bits per heavy atom. The predicted molar refractivity (Wildman–Crippen MR) is 67.9 cm³/mol. The van der Waals surface area contributed by atoms with Gasteiger partial charge in [0.2, 0.25) is 0 Å². The van der Waals surface area contributed by atoms with E-state index in [1.807, 2.05) is 24.3 Å². The van der Waals surface area contributed by atoms with Crippen LogP contribution in [0, 0.1) is 0 Å². The molecule has 2 aromatic rings. The average Bonchev–Trinajstić information content (AvgIpc) is 2.86. The zero-order chi connectivity index (χ0) is 13.0. The highest BCUT2D eigenvalue weighted by Gasteiger charge is 2.12. The number of benzene rings is 1. The van der Waals surface area contributed by atoms with Gasteiger partial charge in [-0.3, -0.25) is 4.79 Å². The number of halogens is 1. The summed E-state index contributed by atoms with van der Waals surface area (Å²) < 4.78 is 6.00. The lowest BCUT2D eigenvalue weighted by Gasteiger charge is -2.03. The zero-order valence-electron chi connectivity index (χ0n) is 9.71. The van der Waals surface area contributed by atoms with Gasteiger partial charge in [0.15, 0.2) is 5.82 Å². The summed E-state index contributed by atoms with van der Waals surface area (Å²) in [5.74, 6) is 0.155. The Hall–Kier alpha value is -1.76. The van der Waals surface area contributed by atoms with Gasteiger partial charge in [-0.15, -0.1) is 5.10 Å². The summed E-state index contributed by atoms with van der Waals surface area (Å²) in [5.41, 5.74) is 2.01. The van der Waals surface area contributed by atoms with Crippen molar-refractivity contribution in [2.45, 2.75) is 11.9 Å². The van der Waals surface area contributed by atoms with E-state index < -0.39 is 0 Å². The second-order valence-electron chi connectivity index (χ2n) is 3.57. The van der Waals surface area contributed by atoms with Gasteiger partial charge >= 0.3 is 5.97 Å². The van der Waals surface area contributed by atoms with Crippen LogP contribution >= 0.6 is 15.9 Å². The van der Waals surface area contributed by atoms with Gasteiger partial charge in [-0.05, 0) is 16.0 Å². The first-order valence-electron chi connectivity index (χ1n) is 5.23. The number of tetrazole rings is 1. The standard InChI is InChI=1S/C11H11BrN4O2/c1-18-10(17)7-16-11(13-14-15-16)9-4-2-8(6-12)3-5-9/h2-5H,6-7H2,1H3. The SMILES string of the molecule is COC(=O)Cn1nnnc1-c1ccc(CBr)cc1. The molecule has 0 amide bonds. The van der Waals surface area contributed by atoms with Crippen molar-refractivity contribution >= 4 is 21.9 Å². The number of ether oxygens (including phenoxy) is 1. The molecule has 0 fully saturated rings. The van der Waals surface area contributed by atoms with Crippen molar-refractivity contribution in [2.75, 3.05) is 7.11 Å². The summed E-state index contributed by atoms with van der Waals surface area (Å²) in [6, 6.07) is 7.77. The summed E-state index contributed by atoms with van der Waals surface area (Å²) >= 11 is 3.38. The Kier molecular flexibility index (Phi) is 4.03. The van der Waals surface area contributed by atoms with Crippen LogP contribution in [0.1, 0.15) is 5.56 Å². The molecule has 0 aliphatic heterocycles. The van der Waals surface area contributed by atoms with Crippen molar-refractivity contribution in [1.29, 1.82) is 0 Å². The quantitative estimate of drug-likeness (QED) is 0.631. The molecule has 0 bridgehead atoms. The van der Waals surface area contributed by atoms with Crippen LogP contribution in [0.15, 0.2) is 24.3 Å². The highest BCUT2D eigenvalue weighted by atomic mass is 79.9. The average molecular weight is 311 g/mol. The molecule has 0 unspecified atom stereocenters. The topological polar surface area (TPSA) is 69.9 Å². The lowest BCUT2D eigenvalue weighted by atomic mass is 10.1. The number of esters is 1. The van der Waals surface area contributed by atoms with Gasteiger partial charge in [-0.1, -0.05) is 40.2 Å². The van der Waals surface area contributed by atoms with Gasteiger partial charge in [0.25, 0.3) is 0 Å². The number of hydrogen-bond acceptors (Lipinski definition) is 5. The van der Waals surface area contributed by atoms with E-state index >= 15 is 0 Å². The first-order chi connectivity index (χ1) is 8.74. The number of nitrogens with zero attached hydrogens (tertiary/aromatic N) is 4. The Bertz CT molecular complexity index is 538. The van der Waals surface area contributed by atoms with Crippen LogP contribution in [0.25, 0.3) is 11.4 Å². The Labute approximate surface area is 112 Å². The van der Waals surface area contributed by atoms with Crippen molar-refractivity contribution < 1.29 is 9.53 Å². The molecule has 1 aromatic carbocycles. The molecule has 0 spiro atoms. The summed E-state index contributed by atoms with van der Waals surface area (Å²) in [7, 11) is 1.33. The highest BCUT2D eigenvalue weighted by Crippen LogP contribution is 2.17. The second kappa shape index (κ2) is 5.72. The first kappa shape index (κ1) is 12.7. The fourth-order valence-corrected chi connectivity index (χ4v) is 1.82. The molecular weight excluding hydrogens is 300 g/mol. The van der Waals surface area contributed by atoms with Crippen LogP contribution in [-0.4, -0.2) is 33.3 Å². The minimum atomic E-state index is -0.388. The maximum absolute atomic E-state index is 11.2. The van der Waals surface area contributed by atoms with E-state index in [0.29, 0.717) is 5.82 Å². The molecule has 0 aliphatic rings. The molecule has 1 heterocycles. The number of rotatable bonds is 4. The third-order valence-corrected chi connectivity index (χ3v) is 3.05. The van der Waals surface area contributed by atoms with E-state index in [4.69, 9.17) is 0 Å². The third kappa shape index (κ3) is 2.73.